The van der Waals surface area contributed by atoms with Crippen LogP contribution in [0.4, 0.5) is 5.82 Å². The molecule has 0 saturated heterocycles. The first kappa shape index (κ1) is 18.7. The van der Waals surface area contributed by atoms with Crippen molar-refractivity contribution >= 4 is 33.9 Å². The zero-order chi connectivity index (χ0) is 19.4. The minimum absolute atomic E-state index is 0.0226. The van der Waals surface area contributed by atoms with Crippen LogP contribution in [0.15, 0.2) is 42.4 Å². The maximum atomic E-state index is 11.9. The lowest BCUT2D eigenvalue weighted by molar-refractivity contribution is -0.120. The monoisotopic (exact) mass is 366 g/mol. The molecule has 1 aliphatic heterocycles. The predicted octanol–water partition coefficient (Wildman–Crippen LogP) is 2.45. The molecule has 0 aliphatic carbocycles. The minimum atomic E-state index is -0.279. The lowest BCUT2D eigenvalue weighted by atomic mass is 9.96. The van der Waals surface area contributed by atoms with Gasteiger partial charge < -0.3 is 15.4 Å². The average molecular weight is 366 g/mol. The number of anilines is 1. The third-order valence-corrected chi connectivity index (χ3v) is 4.37. The maximum Gasteiger partial charge on any atom is 0.251 e. The molecule has 7 nitrogen and oxygen atoms in total. The molecule has 7 heteroatoms. The number of methoxy groups -OCH3 is 1. The number of fused-ring (bicyclic) bond motifs is 1. The van der Waals surface area contributed by atoms with Crippen molar-refractivity contribution in [3.63, 3.8) is 0 Å². The van der Waals surface area contributed by atoms with E-state index in [1.165, 1.54) is 7.11 Å². The molecule has 27 heavy (non-hydrogen) atoms. The fourth-order valence-electron chi connectivity index (χ4n) is 2.92. The molecule has 1 unspecified atom stereocenters. The van der Waals surface area contributed by atoms with Gasteiger partial charge in [0.2, 0.25) is 0 Å². The van der Waals surface area contributed by atoms with Crippen molar-refractivity contribution in [2.24, 2.45) is 0 Å². The number of rotatable bonds is 6. The Hall–Kier alpha value is -3.06. The van der Waals surface area contributed by atoms with Crippen LogP contribution in [0.3, 0.4) is 0 Å². The second-order valence-corrected chi connectivity index (χ2v) is 6.34. The summed E-state index contributed by atoms with van der Waals surface area (Å²) in [6, 6.07) is 3.43. The Morgan fingerprint density at radius 1 is 1.22 bits per heavy atom. The van der Waals surface area contributed by atoms with Crippen LogP contribution in [-0.2, 0) is 14.3 Å². The SMILES string of the molecule is CCC(=O)C1C=C(C)C(c2cc3cnc(NC(=O)COC)cc3cn2)=CN1. The highest BCUT2D eigenvalue weighted by Gasteiger charge is 2.19. The number of allylic oxidation sites excluding steroid dienone is 2. The van der Waals surface area contributed by atoms with Crippen LogP contribution in [0.1, 0.15) is 26.0 Å². The Balaban J connectivity index is 1.83. The summed E-state index contributed by atoms with van der Waals surface area (Å²) in [5.41, 5.74) is 2.74. The largest absolute Gasteiger partial charge is 0.378 e. The van der Waals surface area contributed by atoms with Gasteiger partial charge in [0, 0.05) is 48.5 Å². The lowest BCUT2D eigenvalue weighted by Gasteiger charge is -2.20. The molecular weight excluding hydrogens is 344 g/mol. The summed E-state index contributed by atoms with van der Waals surface area (Å²) < 4.78 is 4.79. The van der Waals surface area contributed by atoms with Gasteiger partial charge in [-0.05, 0) is 24.6 Å². The molecule has 2 aromatic heterocycles. The second kappa shape index (κ2) is 8.09. The Bertz CT molecular complexity index is 949. The topological polar surface area (TPSA) is 93.2 Å². The number of ketones is 1. The first-order valence-corrected chi connectivity index (χ1v) is 8.74. The summed E-state index contributed by atoms with van der Waals surface area (Å²) in [7, 11) is 1.46. The minimum Gasteiger partial charge on any atom is -0.378 e. The third kappa shape index (κ3) is 4.20. The van der Waals surface area contributed by atoms with E-state index in [0.717, 1.165) is 27.6 Å². The summed E-state index contributed by atoms with van der Waals surface area (Å²) >= 11 is 0. The van der Waals surface area contributed by atoms with Crippen LogP contribution < -0.4 is 10.6 Å². The molecule has 0 spiro atoms. The molecule has 3 heterocycles. The zero-order valence-corrected chi connectivity index (χ0v) is 15.6. The number of Topliss-reactive ketones (excluding diaryl/α,β-unsaturated/α-hetero) is 1. The number of amides is 1. The summed E-state index contributed by atoms with van der Waals surface area (Å²) in [5, 5.41) is 7.59. The number of ether oxygens (including phenoxy) is 1. The summed E-state index contributed by atoms with van der Waals surface area (Å²) in [6.07, 6.45) is 7.71. The third-order valence-electron chi connectivity index (χ3n) is 4.37. The van der Waals surface area contributed by atoms with E-state index in [1.807, 2.05) is 32.2 Å². The zero-order valence-electron chi connectivity index (χ0n) is 15.6. The summed E-state index contributed by atoms with van der Waals surface area (Å²) in [5.74, 6) is 0.349. The number of hydrogen-bond donors (Lipinski definition) is 2. The van der Waals surface area contributed by atoms with Gasteiger partial charge in [-0.1, -0.05) is 13.0 Å². The van der Waals surface area contributed by atoms with Crippen molar-refractivity contribution < 1.29 is 14.3 Å². The van der Waals surface area contributed by atoms with Crippen LogP contribution in [0.5, 0.6) is 0 Å². The molecule has 0 radical (unpaired) electrons. The standard InChI is InChI=1S/C20H22N4O3/c1-4-18(25)17-5-12(2)15(10-22-17)16-6-13-9-23-19(7-14(13)8-21-16)24-20(26)11-27-3/h5-10,17,22H,4,11H2,1-3H3,(H,23,24,26). The second-order valence-electron chi connectivity index (χ2n) is 6.34. The highest BCUT2D eigenvalue weighted by atomic mass is 16.5. The number of dihydropyridines is 1. The van der Waals surface area contributed by atoms with Crippen LogP contribution >= 0.6 is 0 Å². The van der Waals surface area contributed by atoms with E-state index in [-0.39, 0.29) is 24.3 Å². The van der Waals surface area contributed by atoms with Crippen LogP contribution in [0.2, 0.25) is 0 Å². The molecule has 0 saturated carbocycles. The normalized spacial score (nSPS) is 16.3. The molecule has 0 bridgehead atoms. The molecular formula is C20H22N4O3. The van der Waals surface area contributed by atoms with Crippen LogP contribution in [-0.4, -0.2) is 41.4 Å². The first-order chi connectivity index (χ1) is 13.0. The van der Waals surface area contributed by atoms with Gasteiger partial charge in [0.25, 0.3) is 5.91 Å². The van der Waals surface area contributed by atoms with Crippen molar-refractivity contribution in [3.05, 3.63) is 48.1 Å². The van der Waals surface area contributed by atoms with E-state index in [2.05, 4.69) is 20.6 Å². The van der Waals surface area contributed by atoms with Gasteiger partial charge >= 0.3 is 0 Å². The Morgan fingerprint density at radius 3 is 2.67 bits per heavy atom. The number of hydrogen-bond acceptors (Lipinski definition) is 6. The number of carbonyl (C=O) groups excluding carboxylic acids is 2. The van der Waals surface area contributed by atoms with Gasteiger partial charge in [-0.15, -0.1) is 0 Å². The molecule has 2 aromatic rings. The van der Waals surface area contributed by atoms with Gasteiger partial charge in [0.05, 0.1) is 5.69 Å². The Kier molecular flexibility index (Phi) is 5.61. The number of pyridine rings is 2. The number of carbonyl (C=O) groups is 2. The van der Waals surface area contributed by atoms with Crippen LogP contribution in [0.25, 0.3) is 16.3 Å². The lowest BCUT2D eigenvalue weighted by Crippen LogP contribution is -2.33. The fraction of sp³-hybridized carbons (Fsp3) is 0.300. The Labute approximate surface area is 157 Å². The van der Waals surface area contributed by atoms with E-state index in [1.54, 1.807) is 18.5 Å². The first-order valence-electron chi connectivity index (χ1n) is 8.74. The molecule has 0 aromatic carbocycles. The van der Waals surface area contributed by atoms with Crippen molar-refractivity contribution in [2.45, 2.75) is 26.3 Å². The molecule has 140 valence electrons. The molecule has 0 fully saturated rings. The van der Waals surface area contributed by atoms with Gasteiger partial charge in [-0.25, -0.2) is 4.98 Å². The van der Waals surface area contributed by atoms with Crippen molar-refractivity contribution in [1.29, 1.82) is 0 Å². The molecule has 1 aliphatic rings. The van der Waals surface area contributed by atoms with Gasteiger partial charge in [0.1, 0.15) is 18.5 Å². The maximum absolute atomic E-state index is 11.9. The molecule has 1 amide bonds. The highest BCUT2D eigenvalue weighted by Crippen LogP contribution is 2.27. The molecule has 2 N–H and O–H groups in total. The summed E-state index contributed by atoms with van der Waals surface area (Å²) in [6.45, 7) is 3.81. The van der Waals surface area contributed by atoms with Crippen molar-refractivity contribution in [1.82, 2.24) is 15.3 Å². The fourth-order valence-corrected chi connectivity index (χ4v) is 2.92. The number of nitrogens with zero attached hydrogens (tertiary/aromatic N) is 2. The average Bonchev–Trinajstić information content (AvgIpc) is 2.67. The van der Waals surface area contributed by atoms with E-state index in [0.29, 0.717) is 12.2 Å². The van der Waals surface area contributed by atoms with E-state index >= 15 is 0 Å². The van der Waals surface area contributed by atoms with Crippen LogP contribution in [0, 0.1) is 0 Å². The quantitative estimate of drug-likeness (QED) is 0.816. The molecule has 1 atom stereocenters. The van der Waals surface area contributed by atoms with Gasteiger partial charge in [0.15, 0.2) is 5.78 Å². The van der Waals surface area contributed by atoms with Gasteiger partial charge in [-0.2, -0.15) is 0 Å². The molecule has 3 rings (SSSR count). The smallest absolute Gasteiger partial charge is 0.251 e. The van der Waals surface area contributed by atoms with Crippen molar-refractivity contribution in [3.8, 4) is 0 Å². The number of nitrogens with one attached hydrogen (secondary N) is 2. The van der Waals surface area contributed by atoms with Crippen molar-refractivity contribution in [2.75, 3.05) is 19.0 Å². The number of aromatic nitrogens is 2. The predicted molar refractivity (Wildman–Crippen MR) is 104 cm³/mol. The Morgan fingerprint density at radius 2 is 1.96 bits per heavy atom. The highest BCUT2D eigenvalue weighted by molar-refractivity contribution is 5.94. The van der Waals surface area contributed by atoms with Gasteiger partial charge in [-0.3, -0.25) is 14.6 Å². The summed E-state index contributed by atoms with van der Waals surface area (Å²) in [4.78, 5) is 32.3. The van der Waals surface area contributed by atoms with E-state index in [9.17, 15) is 9.59 Å². The van der Waals surface area contributed by atoms with E-state index in [4.69, 9.17) is 4.74 Å². The van der Waals surface area contributed by atoms with E-state index < -0.39 is 0 Å².